The lowest BCUT2D eigenvalue weighted by Gasteiger charge is -2.09. The molecule has 1 atom stereocenters. The summed E-state index contributed by atoms with van der Waals surface area (Å²) >= 11 is 1.74. The maximum Gasteiger partial charge on any atom is 0.314 e. The second-order valence-corrected chi connectivity index (χ2v) is 3.56. The number of rotatable bonds is 4. The Labute approximate surface area is 72.3 Å². The maximum absolute atomic E-state index is 10.8. The molecule has 0 fully saturated rings. The van der Waals surface area contributed by atoms with E-state index in [4.69, 9.17) is 0 Å². The molecule has 0 bridgehead atoms. The summed E-state index contributed by atoms with van der Waals surface area (Å²) in [5.74, 6) is 0. The first kappa shape index (κ1) is 10.6. The summed E-state index contributed by atoms with van der Waals surface area (Å²) < 4.78 is 0. The molecule has 0 aromatic rings. The van der Waals surface area contributed by atoms with Crippen molar-refractivity contribution < 1.29 is 4.79 Å². The van der Waals surface area contributed by atoms with Crippen LogP contribution in [-0.2, 0) is 0 Å². The summed E-state index contributed by atoms with van der Waals surface area (Å²) in [6.07, 6.45) is 2.03. The van der Waals surface area contributed by atoms with Crippen molar-refractivity contribution in [3.63, 3.8) is 0 Å². The minimum Gasteiger partial charge on any atom is -0.338 e. The van der Waals surface area contributed by atoms with Crippen molar-refractivity contribution in [1.82, 2.24) is 10.6 Å². The molecule has 0 spiro atoms. The second kappa shape index (κ2) is 6.34. The molecule has 0 saturated carbocycles. The Bertz CT molecular complexity index is 119. The summed E-state index contributed by atoms with van der Waals surface area (Å²) in [6, 6.07) is -0.0756. The molecule has 2 amide bonds. The number of urea groups is 1. The van der Waals surface area contributed by atoms with Gasteiger partial charge >= 0.3 is 6.03 Å². The van der Waals surface area contributed by atoms with Crippen LogP contribution in [-0.4, -0.2) is 30.6 Å². The first-order valence-electron chi connectivity index (χ1n) is 3.75. The molecule has 0 aliphatic rings. The van der Waals surface area contributed by atoms with Crippen molar-refractivity contribution in [1.29, 1.82) is 0 Å². The van der Waals surface area contributed by atoms with Crippen molar-refractivity contribution in [2.75, 3.05) is 19.3 Å². The van der Waals surface area contributed by atoms with Crippen LogP contribution in [0.4, 0.5) is 4.79 Å². The molecule has 0 radical (unpaired) electrons. The molecule has 3 nitrogen and oxygen atoms in total. The quantitative estimate of drug-likeness (QED) is 0.672. The number of thioether (sulfide) groups is 1. The number of hydrogen-bond donors (Lipinski definition) is 2. The maximum atomic E-state index is 10.8. The molecule has 0 aromatic carbocycles. The van der Waals surface area contributed by atoms with Crippen molar-refractivity contribution in [3.8, 4) is 0 Å². The van der Waals surface area contributed by atoms with Gasteiger partial charge in [0.25, 0.3) is 0 Å². The van der Waals surface area contributed by atoms with Gasteiger partial charge in [-0.1, -0.05) is 6.92 Å². The van der Waals surface area contributed by atoms with Crippen LogP contribution in [0.2, 0.25) is 0 Å². The summed E-state index contributed by atoms with van der Waals surface area (Å²) in [5.41, 5.74) is 0. The van der Waals surface area contributed by atoms with E-state index in [1.54, 1.807) is 11.8 Å². The zero-order chi connectivity index (χ0) is 8.69. The van der Waals surface area contributed by atoms with Crippen LogP contribution < -0.4 is 10.6 Å². The van der Waals surface area contributed by atoms with Crippen molar-refractivity contribution in [3.05, 3.63) is 0 Å². The molecule has 0 aliphatic carbocycles. The SMILES string of the molecule is CCNC(=O)NCC(C)SC. The fourth-order valence-corrected chi connectivity index (χ4v) is 0.793. The Hall–Kier alpha value is -0.380. The van der Waals surface area contributed by atoms with E-state index in [0.717, 1.165) is 6.54 Å². The Kier molecular flexibility index (Phi) is 6.12. The third-order valence-electron chi connectivity index (χ3n) is 1.29. The minimum absolute atomic E-state index is 0.0756. The van der Waals surface area contributed by atoms with Crippen LogP contribution in [0.3, 0.4) is 0 Å². The fraction of sp³-hybridized carbons (Fsp3) is 0.857. The summed E-state index contributed by atoms with van der Waals surface area (Å²) in [7, 11) is 0. The van der Waals surface area contributed by atoms with Crippen LogP contribution in [0.15, 0.2) is 0 Å². The Morgan fingerprint density at radius 3 is 2.64 bits per heavy atom. The normalized spacial score (nSPS) is 12.3. The lowest BCUT2D eigenvalue weighted by molar-refractivity contribution is 0.241. The second-order valence-electron chi connectivity index (χ2n) is 2.29. The number of hydrogen-bond acceptors (Lipinski definition) is 2. The van der Waals surface area contributed by atoms with Crippen molar-refractivity contribution in [2.45, 2.75) is 19.1 Å². The highest BCUT2D eigenvalue weighted by atomic mass is 32.2. The molecule has 0 aromatic heterocycles. The number of carbonyl (C=O) groups is 1. The number of carbonyl (C=O) groups excluding carboxylic acids is 1. The van der Waals surface area contributed by atoms with Gasteiger partial charge in [-0.15, -0.1) is 0 Å². The van der Waals surface area contributed by atoms with E-state index in [2.05, 4.69) is 17.6 Å². The van der Waals surface area contributed by atoms with Gasteiger partial charge in [-0.05, 0) is 13.2 Å². The van der Waals surface area contributed by atoms with E-state index in [9.17, 15) is 4.79 Å². The lowest BCUT2D eigenvalue weighted by atomic mass is 10.5. The molecular weight excluding hydrogens is 160 g/mol. The first-order valence-corrected chi connectivity index (χ1v) is 5.04. The van der Waals surface area contributed by atoms with Gasteiger partial charge in [-0.25, -0.2) is 4.79 Å². The van der Waals surface area contributed by atoms with E-state index < -0.39 is 0 Å². The summed E-state index contributed by atoms with van der Waals surface area (Å²) in [5, 5.41) is 5.91. The average Bonchev–Trinajstić information content (AvgIpc) is 2.01. The molecule has 11 heavy (non-hydrogen) atoms. The van der Waals surface area contributed by atoms with Gasteiger partial charge in [-0.3, -0.25) is 0 Å². The van der Waals surface area contributed by atoms with Gasteiger partial charge in [0.15, 0.2) is 0 Å². The monoisotopic (exact) mass is 176 g/mol. The minimum atomic E-state index is -0.0756. The zero-order valence-corrected chi connectivity index (χ0v) is 8.12. The molecule has 0 rings (SSSR count). The predicted molar refractivity (Wildman–Crippen MR) is 50.1 cm³/mol. The van der Waals surface area contributed by atoms with Gasteiger partial charge in [0.1, 0.15) is 0 Å². The van der Waals surface area contributed by atoms with E-state index in [1.165, 1.54) is 0 Å². The van der Waals surface area contributed by atoms with Crippen LogP contribution >= 0.6 is 11.8 Å². The van der Waals surface area contributed by atoms with E-state index >= 15 is 0 Å². The van der Waals surface area contributed by atoms with E-state index in [0.29, 0.717) is 11.8 Å². The predicted octanol–water partition coefficient (Wildman–Crippen LogP) is 1.06. The van der Waals surface area contributed by atoms with Gasteiger partial charge in [-0.2, -0.15) is 11.8 Å². The molecule has 0 saturated heterocycles. The molecule has 2 N–H and O–H groups in total. The zero-order valence-electron chi connectivity index (χ0n) is 7.31. The van der Waals surface area contributed by atoms with Crippen LogP contribution in [0.1, 0.15) is 13.8 Å². The molecular formula is C7H16N2OS. The van der Waals surface area contributed by atoms with Gasteiger partial charge in [0.2, 0.25) is 0 Å². The number of amides is 2. The van der Waals surface area contributed by atoms with Gasteiger partial charge < -0.3 is 10.6 Å². The largest absolute Gasteiger partial charge is 0.338 e. The Morgan fingerprint density at radius 1 is 1.55 bits per heavy atom. The molecule has 0 aliphatic heterocycles. The Balaban J connectivity index is 3.30. The molecule has 4 heteroatoms. The number of nitrogens with one attached hydrogen (secondary N) is 2. The third-order valence-corrected chi connectivity index (χ3v) is 2.26. The standard InChI is InChI=1S/C7H16N2OS/c1-4-8-7(10)9-5-6(2)11-3/h6H,4-5H2,1-3H3,(H2,8,9,10). The highest BCUT2D eigenvalue weighted by molar-refractivity contribution is 7.99. The van der Waals surface area contributed by atoms with Crippen LogP contribution in [0, 0.1) is 0 Å². The highest BCUT2D eigenvalue weighted by Crippen LogP contribution is 2.01. The molecule has 1 unspecified atom stereocenters. The van der Waals surface area contributed by atoms with Crippen molar-refractivity contribution in [2.24, 2.45) is 0 Å². The molecule has 0 heterocycles. The lowest BCUT2D eigenvalue weighted by Crippen LogP contribution is -2.38. The average molecular weight is 176 g/mol. The highest BCUT2D eigenvalue weighted by Gasteiger charge is 2.01. The van der Waals surface area contributed by atoms with Gasteiger partial charge in [0.05, 0.1) is 0 Å². The van der Waals surface area contributed by atoms with Crippen LogP contribution in [0.5, 0.6) is 0 Å². The van der Waals surface area contributed by atoms with E-state index in [-0.39, 0.29) is 6.03 Å². The first-order chi connectivity index (χ1) is 5.20. The Morgan fingerprint density at radius 2 is 2.18 bits per heavy atom. The third kappa shape index (κ3) is 6.04. The summed E-state index contributed by atoms with van der Waals surface area (Å²) in [6.45, 7) is 5.39. The van der Waals surface area contributed by atoms with Crippen molar-refractivity contribution >= 4 is 17.8 Å². The molecule has 66 valence electrons. The van der Waals surface area contributed by atoms with Crippen LogP contribution in [0.25, 0.3) is 0 Å². The fourth-order valence-electron chi connectivity index (χ4n) is 0.543. The summed E-state index contributed by atoms with van der Waals surface area (Å²) in [4.78, 5) is 10.8. The smallest absolute Gasteiger partial charge is 0.314 e. The topological polar surface area (TPSA) is 41.1 Å². The van der Waals surface area contributed by atoms with E-state index in [1.807, 2.05) is 13.2 Å². The van der Waals surface area contributed by atoms with Gasteiger partial charge in [0, 0.05) is 18.3 Å².